The van der Waals surface area contributed by atoms with Gasteiger partial charge in [0.1, 0.15) is 10.2 Å². The molecular formula is C19H13N3O3S. The van der Waals surface area contributed by atoms with Crippen LogP contribution in [0.5, 0.6) is 0 Å². The van der Waals surface area contributed by atoms with Crippen LogP contribution in [-0.2, 0) is 0 Å². The summed E-state index contributed by atoms with van der Waals surface area (Å²) in [5, 5.41) is 7.92. The number of rotatable bonds is 4. The fourth-order valence-corrected chi connectivity index (χ4v) is 3.31. The number of aromatic nitrogens is 1. The Hall–Kier alpha value is -3.45. The molecule has 0 spiro atoms. The van der Waals surface area contributed by atoms with Gasteiger partial charge in [-0.2, -0.15) is 4.98 Å². The molecule has 0 bridgehead atoms. The van der Waals surface area contributed by atoms with Gasteiger partial charge >= 0.3 is 11.5 Å². The summed E-state index contributed by atoms with van der Waals surface area (Å²) in [6.45, 7) is 0. The van der Waals surface area contributed by atoms with E-state index in [1.807, 2.05) is 36.4 Å². The molecule has 6 nitrogen and oxygen atoms in total. The second-order valence-corrected chi connectivity index (χ2v) is 6.31. The Balaban J connectivity index is 1.65. The number of hydrogen-bond acceptors (Lipinski definition) is 6. The first-order valence-electron chi connectivity index (χ1n) is 7.81. The second kappa shape index (κ2) is 6.81. The molecule has 26 heavy (non-hydrogen) atoms. The summed E-state index contributed by atoms with van der Waals surface area (Å²) in [5.74, 6) is -0.833. The molecule has 0 radical (unpaired) electrons. The molecule has 2 aromatic carbocycles. The van der Waals surface area contributed by atoms with Crippen molar-refractivity contribution in [3.8, 4) is 0 Å². The molecule has 1 amide bonds. The number of thiophene rings is 1. The van der Waals surface area contributed by atoms with Crippen molar-refractivity contribution in [1.29, 1.82) is 0 Å². The molecule has 2 N–H and O–H groups in total. The molecule has 0 aliphatic rings. The summed E-state index contributed by atoms with van der Waals surface area (Å²) in [4.78, 5) is 29.3. The lowest BCUT2D eigenvalue weighted by Crippen LogP contribution is -2.16. The van der Waals surface area contributed by atoms with Gasteiger partial charge in [-0.3, -0.25) is 4.79 Å². The number of benzene rings is 2. The van der Waals surface area contributed by atoms with Gasteiger partial charge in [-0.15, -0.1) is 11.3 Å². The third-order valence-corrected chi connectivity index (χ3v) is 4.52. The van der Waals surface area contributed by atoms with Crippen molar-refractivity contribution in [2.75, 3.05) is 10.6 Å². The van der Waals surface area contributed by atoms with Crippen LogP contribution in [-0.4, -0.2) is 10.9 Å². The zero-order chi connectivity index (χ0) is 17.9. The molecule has 0 saturated heterocycles. The minimum Gasteiger partial charge on any atom is -0.398 e. The Kier molecular flexibility index (Phi) is 4.20. The number of nitrogens with one attached hydrogen (secondary N) is 2. The van der Waals surface area contributed by atoms with Crippen LogP contribution >= 0.6 is 11.3 Å². The number of carbonyl (C=O) groups excluding carboxylic acids is 1. The molecule has 4 aromatic rings. The highest BCUT2D eigenvalue weighted by molar-refractivity contribution is 7.17. The van der Waals surface area contributed by atoms with Gasteiger partial charge in [0.05, 0.1) is 5.69 Å². The lowest BCUT2D eigenvalue weighted by molar-refractivity contribution is 0.0985. The van der Waals surface area contributed by atoms with Crippen molar-refractivity contribution >= 4 is 44.5 Å². The molecule has 2 aromatic heterocycles. The monoisotopic (exact) mass is 363 g/mol. The first-order valence-corrected chi connectivity index (χ1v) is 8.69. The minimum atomic E-state index is -0.604. The van der Waals surface area contributed by atoms with Crippen LogP contribution in [0.2, 0.25) is 0 Å². The van der Waals surface area contributed by atoms with E-state index >= 15 is 0 Å². The highest BCUT2D eigenvalue weighted by Gasteiger charge is 2.18. The van der Waals surface area contributed by atoms with Crippen LogP contribution in [0.3, 0.4) is 0 Å². The quantitative estimate of drug-likeness (QED) is 0.566. The summed E-state index contributed by atoms with van der Waals surface area (Å²) in [7, 11) is 0. The standard InChI is InChI=1S/C19H13N3O3S/c23-16(21-13-9-5-2-6-10-13)17-22-18-15(19(24)25-17)14(11-26-18)20-12-7-3-1-4-8-12/h1-11,20H,(H,21,23). The summed E-state index contributed by atoms with van der Waals surface area (Å²) in [6, 6.07) is 18.4. The molecule has 4 rings (SSSR count). The van der Waals surface area contributed by atoms with Crippen LogP contribution in [0.4, 0.5) is 17.1 Å². The summed E-state index contributed by atoms with van der Waals surface area (Å²) < 4.78 is 5.15. The average Bonchev–Trinajstić information content (AvgIpc) is 3.07. The van der Waals surface area contributed by atoms with Gasteiger partial charge in [0.15, 0.2) is 0 Å². The SMILES string of the molecule is O=C(Nc1ccccc1)c1nc2scc(Nc3ccccc3)c2c(=O)o1. The van der Waals surface area contributed by atoms with E-state index in [0.717, 1.165) is 5.69 Å². The summed E-state index contributed by atoms with van der Waals surface area (Å²) in [5.41, 5.74) is 1.44. The fourth-order valence-electron chi connectivity index (χ4n) is 2.45. The van der Waals surface area contributed by atoms with Crippen LogP contribution < -0.4 is 16.3 Å². The third-order valence-electron chi connectivity index (χ3n) is 3.65. The lowest BCUT2D eigenvalue weighted by Gasteiger charge is -2.05. The summed E-state index contributed by atoms with van der Waals surface area (Å²) >= 11 is 1.27. The van der Waals surface area contributed by atoms with Gasteiger partial charge < -0.3 is 15.1 Å². The molecule has 0 aliphatic heterocycles. The Morgan fingerprint density at radius 1 is 0.962 bits per heavy atom. The highest BCUT2D eigenvalue weighted by atomic mass is 32.1. The Labute approximate surface area is 152 Å². The van der Waals surface area contributed by atoms with Gasteiger partial charge in [0, 0.05) is 16.8 Å². The number of amides is 1. The van der Waals surface area contributed by atoms with Crippen molar-refractivity contribution in [3.05, 3.63) is 82.4 Å². The molecule has 2 heterocycles. The zero-order valence-electron chi connectivity index (χ0n) is 13.4. The van der Waals surface area contributed by atoms with Crippen LogP contribution in [0.15, 0.2) is 75.3 Å². The predicted molar refractivity (Wildman–Crippen MR) is 102 cm³/mol. The molecule has 128 valence electrons. The van der Waals surface area contributed by atoms with E-state index in [1.54, 1.807) is 29.6 Å². The molecule has 0 atom stereocenters. The van der Waals surface area contributed by atoms with E-state index in [0.29, 0.717) is 21.6 Å². The number of fused-ring (bicyclic) bond motifs is 1. The Morgan fingerprint density at radius 3 is 2.31 bits per heavy atom. The Morgan fingerprint density at radius 2 is 1.62 bits per heavy atom. The van der Waals surface area contributed by atoms with Gasteiger partial charge in [-0.1, -0.05) is 36.4 Å². The van der Waals surface area contributed by atoms with Gasteiger partial charge in [-0.25, -0.2) is 4.79 Å². The molecule has 0 aliphatic carbocycles. The van der Waals surface area contributed by atoms with Crippen molar-refractivity contribution in [3.63, 3.8) is 0 Å². The maximum absolute atomic E-state index is 12.4. The van der Waals surface area contributed by atoms with E-state index in [-0.39, 0.29) is 5.89 Å². The first kappa shape index (κ1) is 16.0. The highest BCUT2D eigenvalue weighted by Crippen LogP contribution is 2.29. The third kappa shape index (κ3) is 3.20. The normalized spacial score (nSPS) is 10.6. The fraction of sp³-hybridized carbons (Fsp3) is 0. The van der Waals surface area contributed by atoms with Gasteiger partial charge in [0.2, 0.25) is 0 Å². The van der Waals surface area contributed by atoms with Gasteiger partial charge in [0.25, 0.3) is 5.89 Å². The molecule has 7 heteroatoms. The zero-order valence-corrected chi connectivity index (χ0v) is 14.2. The van der Waals surface area contributed by atoms with E-state index in [4.69, 9.17) is 4.42 Å². The van der Waals surface area contributed by atoms with Gasteiger partial charge in [-0.05, 0) is 24.3 Å². The van der Waals surface area contributed by atoms with E-state index in [1.165, 1.54) is 11.3 Å². The van der Waals surface area contributed by atoms with Crippen molar-refractivity contribution in [2.45, 2.75) is 0 Å². The van der Waals surface area contributed by atoms with Crippen LogP contribution in [0.1, 0.15) is 10.7 Å². The van der Waals surface area contributed by atoms with Crippen molar-refractivity contribution < 1.29 is 9.21 Å². The molecule has 0 saturated carbocycles. The Bertz CT molecular complexity index is 1120. The second-order valence-electron chi connectivity index (χ2n) is 5.45. The maximum atomic E-state index is 12.4. The van der Waals surface area contributed by atoms with Crippen molar-refractivity contribution in [2.24, 2.45) is 0 Å². The lowest BCUT2D eigenvalue weighted by atomic mass is 10.3. The molecular weight excluding hydrogens is 350 g/mol. The largest absolute Gasteiger partial charge is 0.398 e. The number of anilines is 3. The van der Waals surface area contributed by atoms with E-state index in [9.17, 15) is 9.59 Å². The predicted octanol–water partition coefficient (Wildman–Crippen LogP) is 4.25. The molecule has 0 fully saturated rings. The first-order chi connectivity index (χ1) is 12.7. The smallest absolute Gasteiger partial charge is 0.350 e. The van der Waals surface area contributed by atoms with E-state index in [2.05, 4.69) is 15.6 Å². The van der Waals surface area contributed by atoms with Crippen molar-refractivity contribution in [1.82, 2.24) is 4.98 Å². The average molecular weight is 363 g/mol. The van der Waals surface area contributed by atoms with E-state index < -0.39 is 11.5 Å². The topological polar surface area (TPSA) is 84.2 Å². The number of para-hydroxylation sites is 2. The van der Waals surface area contributed by atoms with Crippen LogP contribution in [0, 0.1) is 0 Å². The number of nitrogens with zero attached hydrogens (tertiary/aromatic N) is 1. The van der Waals surface area contributed by atoms with Crippen LogP contribution in [0.25, 0.3) is 10.2 Å². The summed E-state index contributed by atoms with van der Waals surface area (Å²) in [6.07, 6.45) is 0. The minimum absolute atomic E-state index is 0.264. The molecule has 0 unspecified atom stereocenters. The number of carbonyl (C=O) groups is 1. The number of hydrogen-bond donors (Lipinski definition) is 2. The maximum Gasteiger partial charge on any atom is 0.350 e.